The lowest BCUT2D eigenvalue weighted by atomic mass is 9.86. The summed E-state index contributed by atoms with van der Waals surface area (Å²) in [6.07, 6.45) is 1.65. The summed E-state index contributed by atoms with van der Waals surface area (Å²) in [5.41, 5.74) is -0.549. The number of non-ortho nitro benzene ring substituents is 1. The summed E-state index contributed by atoms with van der Waals surface area (Å²) in [4.78, 5) is 20.9. The highest BCUT2D eigenvalue weighted by Crippen LogP contribution is 2.41. The topological polar surface area (TPSA) is 120 Å². The third kappa shape index (κ3) is 5.80. The lowest BCUT2D eigenvalue weighted by molar-refractivity contribution is -0.385. The fourth-order valence-corrected chi connectivity index (χ4v) is 2.93. The van der Waals surface area contributed by atoms with Crippen molar-refractivity contribution in [2.24, 2.45) is 0 Å². The Bertz CT molecular complexity index is 813. The summed E-state index contributed by atoms with van der Waals surface area (Å²) in [7, 11) is 0. The number of carbonyl (C=O) groups excluding carboxylic acids is 1. The van der Waals surface area contributed by atoms with E-state index >= 15 is 0 Å². The molecule has 0 unspecified atom stereocenters. The van der Waals surface area contributed by atoms with Crippen LogP contribution in [-0.2, 0) is 14.3 Å². The number of nitro benzene ring substituents is 1. The van der Waals surface area contributed by atoms with Crippen LogP contribution < -0.4 is 10.1 Å². The molecule has 0 amide bonds. The van der Waals surface area contributed by atoms with E-state index in [1.165, 1.54) is 24.3 Å². The van der Waals surface area contributed by atoms with Crippen LogP contribution in [0.3, 0.4) is 0 Å². The number of hydrogen-bond acceptors (Lipinski definition) is 8. The van der Waals surface area contributed by atoms with Crippen LogP contribution in [0.2, 0.25) is 0 Å². The molecule has 2 N–H and O–H groups in total. The predicted octanol–water partition coefficient (Wildman–Crippen LogP) is 2.43. The van der Waals surface area contributed by atoms with Crippen molar-refractivity contribution in [1.82, 2.24) is 5.32 Å². The minimum absolute atomic E-state index is 0.0875. The maximum atomic E-state index is 11.2. The van der Waals surface area contributed by atoms with Gasteiger partial charge in [0.2, 0.25) is 0 Å². The zero-order valence-electron chi connectivity index (χ0n) is 16.9. The molecule has 9 heteroatoms. The van der Waals surface area contributed by atoms with Gasteiger partial charge in [-0.2, -0.15) is 0 Å². The Kier molecular flexibility index (Phi) is 7.39. The Morgan fingerprint density at radius 2 is 2.21 bits per heavy atom. The molecule has 2 atom stereocenters. The van der Waals surface area contributed by atoms with Gasteiger partial charge in [-0.1, -0.05) is 0 Å². The van der Waals surface area contributed by atoms with Gasteiger partial charge in [0, 0.05) is 30.0 Å². The monoisotopic (exact) mass is 406 g/mol. The highest BCUT2D eigenvalue weighted by Gasteiger charge is 2.43. The summed E-state index contributed by atoms with van der Waals surface area (Å²) in [6.45, 7) is 7.36. The lowest BCUT2D eigenvalue weighted by Gasteiger charge is -2.42. The zero-order valence-corrected chi connectivity index (χ0v) is 16.9. The van der Waals surface area contributed by atoms with Crippen LogP contribution >= 0.6 is 0 Å². The summed E-state index contributed by atoms with van der Waals surface area (Å²) in [6, 6.07) is 3.60. The number of rotatable bonds is 9. The molecule has 1 aromatic carbocycles. The smallest absolute Gasteiger partial charge is 0.270 e. The number of nitrogens with one attached hydrogen (secondary N) is 1. The molecule has 0 saturated heterocycles. The summed E-state index contributed by atoms with van der Waals surface area (Å²) in [5, 5.41) is 25.1. The van der Waals surface area contributed by atoms with E-state index in [4.69, 9.17) is 14.2 Å². The number of ether oxygens (including phenoxy) is 3. The molecular formula is C20H26N2O7. The number of nitrogens with zero attached hydrogens (tertiary/aromatic N) is 1. The minimum Gasteiger partial charge on any atom is -0.491 e. The second-order valence-corrected chi connectivity index (χ2v) is 7.39. The van der Waals surface area contributed by atoms with Gasteiger partial charge in [0.1, 0.15) is 35.8 Å². The van der Waals surface area contributed by atoms with Crippen LogP contribution in [0.1, 0.15) is 39.3 Å². The first kappa shape index (κ1) is 22.4. The number of aliphatic hydroxyl groups excluding tert-OH is 1. The number of benzene rings is 1. The van der Waals surface area contributed by atoms with Crippen molar-refractivity contribution < 1.29 is 29.0 Å². The lowest BCUT2D eigenvalue weighted by Crippen LogP contribution is -2.51. The molecule has 1 aliphatic heterocycles. The second-order valence-electron chi connectivity index (χ2n) is 7.39. The maximum Gasteiger partial charge on any atom is 0.270 e. The van der Waals surface area contributed by atoms with E-state index in [2.05, 4.69) is 5.32 Å². The fourth-order valence-electron chi connectivity index (χ4n) is 2.93. The average molecular weight is 406 g/mol. The van der Waals surface area contributed by atoms with E-state index in [1.807, 2.05) is 13.8 Å². The van der Waals surface area contributed by atoms with Crippen molar-refractivity contribution in [3.05, 3.63) is 51.9 Å². The quantitative estimate of drug-likeness (QED) is 0.211. The van der Waals surface area contributed by atoms with Gasteiger partial charge in [0.05, 0.1) is 23.7 Å². The van der Waals surface area contributed by atoms with Crippen molar-refractivity contribution in [3.8, 4) is 5.75 Å². The largest absolute Gasteiger partial charge is 0.491 e. The Labute approximate surface area is 169 Å². The third-order valence-corrected chi connectivity index (χ3v) is 4.28. The molecule has 0 bridgehead atoms. The molecule has 9 nitrogen and oxygen atoms in total. The fraction of sp³-hybridized carbons (Fsp3) is 0.500. The first-order valence-corrected chi connectivity index (χ1v) is 9.20. The standard InChI is InChI=1S/C20H26N2O7/c1-13(2)28-15(12-27-9-5-8-23)11-21-18-16-10-14(22(25)26)6-7-17(16)29-20(3,4)19(18)24/h5-7,10-11,13,18-19,21,24H,9,12H2,1-4H3/b15-11+/t18-,19+/m1/s1. The van der Waals surface area contributed by atoms with Crippen molar-refractivity contribution >= 4 is 11.6 Å². The van der Waals surface area contributed by atoms with E-state index in [0.717, 1.165) is 0 Å². The normalized spacial score (nSPS) is 20.3. The molecular weight excluding hydrogens is 380 g/mol. The molecule has 0 radical (unpaired) electrons. The van der Waals surface area contributed by atoms with Gasteiger partial charge in [-0.05, 0) is 33.8 Å². The van der Waals surface area contributed by atoms with Gasteiger partial charge in [-0.15, -0.1) is 0 Å². The first-order chi connectivity index (χ1) is 13.7. The van der Waals surface area contributed by atoms with Gasteiger partial charge >= 0.3 is 0 Å². The van der Waals surface area contributed by atoms with Crippen LogP contribution in [0.15, 0.2) is 36.2 Å². The molecule has 0 aliphatic carbocycles. The van der Waals surface area contributed by atoms with Crippen LogP contribution in [0.4, 0.5) is 5.69 Å². The Morgan fingerprint density at radius 1 is 1.48 bits per heavy atom. The summed E-state index contributed by atoms with van der Waals surface area (Å²) < 4.78 is 16.9. The molecule has 0 spiro atoms. The Hall–Kier alpha value is -2.87. The zero-order chi connectivity index (χ0) is 21.6. The van der Waals surface area contributed by atoms with Crippen LogP contribution in [0, 0.1) is 10.1 Å². The van der Waals surface area contributed by atoms with Crippen LogP contribution in [0.5, 0.6) is 5.75 Å². The van der Waals surface area contributed by atoms with Gasteiger partial charge in [0.15, 0.2) is 0 Å². The van der Waals surface area contributed by atoms with Gasteiger partial charge in [0.25, 0.3) is 5.69 Å². The van der Waals surface area contributed by atoms with E-state index in [9.17, 15) is 20.0 Å². The molecule has 1 heterocycles. The van der Waals surface area contributed by atoms with Gasteiger partial charge in [-0.3, -0.25) is 10.1 Å². The van der Waals surface area contributed by atoms with Crippen LogP contribution in [-0.4, -0.2) is 47.0 Å². The number of aliphatic hydroxyl groups is 1. The van der Waals surface area contributed by atoms with Crippen molar-refractivity contribution in [2.45, 2.75) is 51.5 Å². The van der Waals surface area contributed by atoms with E-state index in [0.29, 0.717) is 17.1 Å². The molecule has 158 valence electrons. The van der Waals surface area contributed by atoms with E-state index < -0.39 is 22.7 Å². The third-order valence-electron chi connectivity index (χ3n) is 4.28. The highest BCUT2D eigenvalue weighted by atomic mass is 16.6. The molecule has 0 saturated carbocycles. The summed E-state index contributed by atoms with van der Waals surface area (Å²) in [5.74, 6) is 2.53. The van der Waals surface area contributed by atoms with E-state index in [1.54, 1.807) is 26.0 Å². The average Bonchev–Trinajstić information content (AvgIpc) is 2.64. The van der Waals surface area contributed by atoms with Crippen molar-refractivity contribution in [2.75, 3.05) is 13.2 Å². The second kappa shape index (κ2) is 9.56. The van der Waals surface area contributed by atoms with Crippen molar-refractivity contribution in [3.63, 3.8) is 0 Å². The maximum absolute atomic E-state index is 11.2. The molecule has 1 aliphatic rings. The molecule has 1 aromatic rings. The van der Waals surface area contributed by atoms with Crippen molar-refractivity contribution in [1.29, 1.82) is 0 Å². The van der Waals surface area contributed by atoms with Gasteiger partial charge < -0.3 is 24.6 Å². The number of hydrogen-bond donors (Lipinski definition) is 2. The molecule has 2 rings (SSSR count). The Morgan fingerprint density at radius 3 is 2.83 bits per heavy atom. The molecule has 0 fully saturated rings. The highest BCUT2D eigenvalue weighted by molar-refractivity contribution is 5.48. The SMILES string of the molecule is CC(C)O/C(=C/N[C@@H]1c2cc([N+](=O)[O-])ccc2OC(C)(C)[C@H]1O)COCC=C=O. The molecule has 29 heavy (non-hydrogen) atoms. The first-order valence-electron chi connectivity index (χ1n) is 9.20. The van der Waals surface area contributed by atoms with Crippen LogP contribution in [0.25, 0.3) is 0 Å². The number of nitro groups is 1. The van der Waals surface area contributed by atoms with Gasteiger partial charge in [-0.25, -0.2) is 4.79 Å². The summed E-state index contributed by atoms with van der Waals surface area (Å²) >= 11 is 0. The minimum atomic E-state index is -0.993. The Balaban J connectivity index is 2.31. The predicted molar refractivity (Wildman–Crippen MR) is 105 cm³/mol. The number of fused-ring (bicyclic) bond motifs is 1. The molecule has 0 aromatic heterocycles. The van der Waals surface area contributed by atoms with E-state index in [-0.39, 0.29) is 25.0 Å².